The van der Waals surface area contributed by atoms with Crippen LogP contribution in [0.3, 0.4) is 0 Å². The molecule has 0 bridgehead atoms. The first-order chi connectivity index (χ1) is 11.7. The van der Waals surface area contributed by atoms with Gasteiger partial charge in [0.1, 0.15) is 0 Å². The highest BCUT2D eigenvalue weighted by Gasteiger charge is 2.24. The van der Waals surface area contributed by atoms with Gasteiger partial charge >= 0.3 is 0 Å². The van der Waals surface area contributed by atoms with Crippen LogP contribution in [0.25, 0.3) is 0 Å². The zero-order valence-electron chi connectivity index (χ0n) is 13.1. The number of rotatable bonds is 6. The lowest BCUT2D eigenvalue weighted by Crippen LogP contribution is -2.37. The number of nitrogens with one attached hydrogen (secondary N) is 3. The molecular weight excluding hydrogens is 310 g/mol. The highest BCUT2D eigenvalue weighted by Crippen LogP contribution is 2.20. The van der Waals surface area contributed by atoms with Gasteiger partial charge in [0.05, 0.1) is 12.6 Å². The number of nitrogens with zero attached hydrogens (tertiary/aromatic N) is 2. The van der Waals surface area contributed by atoms with Gasteiger partial charge in [0.25, 0.3) is 11.7 Å². The molecule has 2 heterocycles. The standard InChI is InChI=1S/C16H19N5O3/c22-13(18-9-11-5-2-1-3-6-11)10-19-15(23)14-20-16(24-21-14)12-7-4-8-17-12/h1-3,5-6,12,17H,4,7-10H2,(H,18,22)(H,19,23). The Morgan fingerprint density at radius 2 is 2.08 bits per heavy atom. The van der Waals surface area contributed by atoms with Crippen LogP contribution in [0.1, 0.15) is 41.0 Å². The summed E-state index contributed by atoms with van der Waals surface area (Å²) in [6, 6.07) is 9.54. The summed E-state index contributed by atoms with van der Waals surface area (Å²) in [5.74, 6) is -0.466. The van der Waals surface area contributed by atoms with Crippen LogP contribution in [-0.2, 0) is 11.3 Å². The Balaban J connectivity index is 1.44. The Kier molecular flexibility index (Phi) is 5.17. The monoisotopic (exact) mass is 329 g/mol. The molecule has 0 spiro atoms. The molecule has 2 amide bonds. The first kappa shape index (κ1) is 16.1. The Bertz CT molecular complexity index is 695. The van der Waals surface area contributed by atoms with Crippen molar-refractivity contribution in [3.05, 3.63) is 47.6 Å². The lowest BCUT2D eigenvalue weighted by atomic mass is 10.2. The van der Waals surface area contributed by atoms with E-state index in [4.69, 9.17) is 4.52 Å². The maximum absolute atomic E-state index is 12.0. The summed E-state index contributed by atoms with van der Waals surface area (Å²) in [5.41, 5.74) is 0.990. The normalized spacial score (nSPS) is 16.8. The summed E-state index contributed by atoms with van der Waals surface area (Å²) in [6.07, 6.45) is 1.95. The molecule has 3 rings (SSSR count). The minimum absolute atomic E-state index is 0.00761. The summed E-state index contributed by atoms with van der Waals surface area (Å²) in [7, 11) is 0. The predicted octanol–water partition coefficient (Wildman–Crippen LogP) is 0.540. The lowest BCUT2D eigenvalue weighted by molar-refractivity contribution is -0.120. The molecule has 2 aromatic rings. The number of hydrogen-bond acceptors (Lipinski definition) is 6. The van der Waals surface area contributed by atoms with Crippen molar-refractivity contribution in [2.45, 2.75) is 25.4 Å². The fraction of sp³-hybridized carbons (Fsp3) is 0.375. The number of hydrogen-bond donors (Lipinski definition) is 3. The first-order valence-electron chi connectivity index (χ1n) is 7.88. The number of carbonyl (C=O) groups excluding carboxylic acids is 2. The van der Waals surface area contributed by atoms with Gasteiger partial charge in [0, 0.05) is 6.54 Å². The van der Waals surface area contributed by atoms with E-state index in [0.29, 0.717) is 12.4 Å². The van der Waals surface area contributed by atoms with E-state index in [9.17, 15) is 9.59 Å². The van der Waals surface area contributed by atoms with E-state index < -0.39 is 5.91 Å². The molecule has 1 aliphatic heterocycles. The number of aromatic nitrogens is 2. The molecule has 3 N–H and O–H groups in total. The molecule has 1 fully saturated rings. The van der Waals surface area contributed by atoms with Crippen LogP contribution >= 0.6 is 0 Å². The highest BCUT2D eigenvalue weighted by atomic mass is 16.5. The van der Waals surface area contributed by atoms with Crippen LogP contribution in [0, 0.1) is 0 Å². The number of amides is 2. The molecule has 1 unspecified atom stereocenters. The molecule has 0 aliphatic carbocycles. The largest absolute Gasteiger partial charge is 0.350 e. The molecule has 1 aromatic carbocycles. The van der Waals surface area contributed by atoms with Crippen LogP contribution in [0.2, 0.25) is 0 Å². The molecule has 1 aliphatic rings. The summed E-state index contributed by atoms with van der Waals surface area (Å²) in [6.45, 7) is 1.17. The van der Waals surface area contributed by atoms with E-state index in [2.05, 4.69) is 26.1 Å². The molecule has 8 heteroatoms. The molecule has 24 heavy (non-hydrogen) atoms. The molecule has 0 radical (unpaired) electrons. The zero-order chi connectivity index (χ0) is 16.8. The second kappa shape index (κ2) is 7.69. The quantitative estimate of drug-likeness (QED) is 0.714. The average Bonchev–Trinajstić information content (AvgIpc) is 3.29. The summed E-state index contributed by atoms with van der Waals surface area (Å²) >= 11 is 0. The van der Waals surface area contributed by atoms with E-state index in [1.165, 1.54) is 0 Å². The highest BCUT2D eigenvalue weighted by molar-refractivity contribution is 5.93. The van der Waals surface area contributed by atoms with Crippen molar-refractivity contribution >= 4 is 11.8 Å². The SMILES string of the molecule is O=C(CNC(=O)c1noc(C2CCCN2)n1)NCc1ccccc1. The number of benzene rings is 1. The first-order valence-corrected chi connectivity index (χ1v) is 7.88. The predicted molar refractivity (Wildman–Crippen MR) is 84.9 cm³/mol. The second-order valence-corrected chi connectivity index (χ2v) is 5.55. The molecule has 126 valence electrons. The summed E-state index contributed by atoms with van der Waals surface area (Å²) in [5, 5.41) is 12.1. The minimum atomic E-state index is -0.530. The van der Waals surface area contributed by atoms with E-state index >= 15 is 0 Å². The average molecular weight is 329 g/mol. The molecule has 8 nitrogen and oxygen atoms in total. The Morgan fingerprint density at radius 1 is 1.25 bits per heavy atom. The molecular formula is C16H19N5O3. The third-order valence-corrected chi connectivity index (χ3v) is 3.75. The van der Waals surface area contributed by atoms with Crippen LogP contribution in [0.5, 0.6) is 0 Å². The van der Waals surface area contributed by atoms with Crippen LogP contribution in [0.4, 0.5) is 0 Å². The topological polar surface area (TPSA) is 109 Å². The van der Waals surface area contributed by atoms with Crippen LogP contribution in [0.15, 0.2) is 34.9 Å². The third kappa shape index (κ3) is 4.17. The third-order valence-electron chi connectivity index (χ3n) is 3.75. The fourth-order valence-corrected chi connectivity index (χ4v) is 2.46. The van der Waals surface area contributed by atoms with Crippen molar-refractivity contribution < 1.29 is 14.1 Å². The Hall–Kier alpha value is -2.74. The van der Waals surface area contributed by atoms with Crippen molar-refractivity contribution in [3.8, 4) is 0 Å². The van der Waals surface area contributed by atoms with Gasteiger partial charge in [-0.2, -0.15) is 4.98 Å². The van der Waals surface area contributed by atoms with Gasteiger partial charge in [-0.3, -0.25) is 9.59 Å². The smallest absolute Gasteiger partial charge is 0.293 e. The van der Waals surface area contributed by atoms with Crippen molar-refractivity contribution in [3.63, 3.8) is 0 Å². The van der Waals surface area contributed by atoms with E-state index in [0.717, 1.165) is 24.9 Å². The van der Waals surface area contributed by atoms with Gasteiger partial charge in [-0.15, -0.1) is 0 Å². The van der Waals surface area contributed by atoms with E-state index in [1.807, 2.05) is 30.3 Å². The Morgan fingerprint density at radius 3 is 2.83 bits per heavy atom. The Labute approximate surface area is 139 Å². The molecule has 1 aromatic heterocycles. The number of carbonyl (C=O) groups is 2. The molecule has 1 atom stereocenters. The molecule has 1 saturated heterocycles. The van der Waals surface area contributed by atoms with Crippen molar-refractivity contribution in [1.82, 2.24) is 26.1 Å². The minimum Gasteiger partial charge on any atom is -0.350 e. The van der Waals surface area contributed by atoms with Gasteiger partial charge in [0.2, 0.25) is 11.8 Å². The maximum Gasteiger partial charge on any atom is 0.293 e. The fourth-order valence-electron chi connectivity index (χ4n) is 2.46. The van der Waals surface area contributed by atoms with Crippen molar-refractivity contribution in [2.24, 2.45) is 0 Å². The summed E-state index contributed by atoms with van der Waals surface area (Å²) < 4.78 is 5.10. The summed E-state index contributed by atoms with van der Waals surface area (Å²) in [4.78, 5) is 27.8. The van der Waals surface area contributed by atoms with Gasteiger partial charge in [-0.25, -0.2) is 0 Å². The van der Waals surface area contributed by atoms with Crippen molar-refractivity contribution in [1.29, 1.82) is 0 Å². The van der Waals surface area contributed by atoms with Crippen LogP contribution < -0.4 is 16.0 Å². The second-order valence-electron chi connectivity index (χ2n) is 5.55. The van der Waals surface area contributed by atoms with Gasteiger partial charge in [0.15, 0.2) is 0 Å². The van der Waals surface area contributed by atoms with E-state index in [-0.39, 0.29) is 24.3 Å². The van der Waals surface area contributed by atoms with Gasteiger partial charge in [-0.05, 0) is 24.9 Å². The van der Waals surface area contributed by atoms with Crippen molar-refractivity contribution in [2.75, 3.05) is 13.1 Å². The maximum atomic E-state index is 12.0. The molecule has 0 saturated carbocycles. The lowest BCUT2D eigenvalue weighted by Gasteiger charge is -2.05. The van der Waals surface area contributed by atoms with E-state index in [1.54, 1.807) is 0 Å². The van der Waals surface area contributed by atoms with Gasteiger partial charge < -0.3 is 20.5 Å². The zero-order valence-corrected chi connectivity index (χ0v) is 13.1. The van der Waals surface area contributed by atoms with Crippen LogP contribution in [-0.4, -0.2) is 35.0 Å². The van der Waals surface area contributed by atoms with Gasteiger partial charge in [-0.1, -0.05) is 35.5 Å².